The van der Waals surface area contributed by atoms with Crippen LogP contribution < -0.4 is 4.72 Å². The first-order valence-corrected chi connectivity index (χ1v) is 8.20. The number of nitrogens with one attached hydrogen (secondary N) is 1. The lowest BCUT2D eigenvalue weighted by molar-refractivity contribution is 0.601. The number of aromatic nitrogens is 2. The number of anilines is 1. The van der Waals surface area contributed by atoms with Crippen molar-refractivity contribution in [2.24, 2.45) is 0 Å². The second-order valence-electron chi connectivity index (χ2n) is 4.74. The molecule has 1 heterocycles. The molecular formula is C16H12N4O2S. The Hall–Kier alpha value is -3.11. The van der Waals surface area contributed by atoms with Gasteiger partial charge in [0.25, 0.3) is 10.0 Å². The summed E-state index contributed by atoms with van der Waals surface area (Å²) in [6.07, 6.45) is 3.42. The molecule has 0 aliphatic heterocycles. The predicted octanol–water partition coefficient (Wildman–Crippen LogP) is 2.54. The fraction of sp³-hybridized carbons (Fsp3) is 0. The molecule has 0 atom stereocenters. The lowest BCUT2D eigenvalue weighted by Gasteiger charge is -2.09. The third kappa shape index (κ3) is 3.22. The minimum atomic E-state index is -3.71. The molecule has 0 fully saturated rings. The van der Waals surface area contributed by atoms with Crippen LogP contribution in [0.1, 0.15) is 5.56 Å². The largest absolute Gasteiger partial charge is 0.280 e. The van der Waals surface area contributed by atoms with Crippen LogP contribution in [0.15, 0.2) is 71.9 Å². The van der Waals surface area contributed by atoms with Crippen molar-refractivity contribution in [3.8, 4) is 11.8 Å². The van der Waals surface area contributed by atoms with E-state index in [2.05, 4.69) is 9.82 Å². The molecule has 0 saturated heterocycles. The van der Waals surface area contributed by atoms with E-state index < -0.39 is 10.0 Å². The molecule has 0 saturated carbocycles. The van der Waals surface area contributed by atoms with Crippen LogP contribution >= 0.6 is 0 Å². The number of hydrogen-bond donors (Lipinski definition) is 1. The van der Waals surface area contributed by atoms with Crippen LogP contribution in [0.5, 0.6) is 0 Å². The van der Waals surface area contributed by atoms with Crippen molar-refractivity contribution < 1.29 is 8.42 Å². The van der Waals surface area contributed by atoms with Crippen LogP contribution in [0.2, 0.25) is 0 Å². The Labute approximate surface area is 133 Å². The molecule has 1 aromatic heterocycles. The third-order valence-corrected chi connectivity index (χ3v) is 4.56. The van der Waals surface area contributed by atoms with E-state index in [1.807, 2.05) is 12.1 Å². The quantitative estimate of drug-likeness (QED) is 0.799. The Bertz CT molecular complexity index is 956. The van der Waals surface area contributed by atoms with Crippen molar-refractivity contribution in [2.75, 3.05) is 4.72 Å². The van der Waals surface area contributed by atoms with E-state index in [-0.39, 0.29) is 4.90 Å². The maximum absolute atomic E-state index is 12.4. The molecule has 0 amide bonds. The van der Waals surface area contributed by atoms with Gasteiger partial charge in [-0.3, -0.25) is 4.72 Å². The lowest BCUT2D eigenvalue weighted by atomic mass is 10.2. The van der Waals surface area contributed by atoms with Crippen molar-refractivity contribution in [1.82, 2.24) is 9.78 Å². The molecule has 23 heavy (non-hydrogen) atoms. The summed E-state index contributed by atoms with van der Waals surface area (Å²) in [7, 11) is -3.71. The second-order valence-corrected chi connectivity index (χ2v) is 6.43. The molecule has 0 unspecified atom stereocenters. The highest BCUT2D eigenvalue weighted by Crippen LogP contribution is 2.19. The average Bonchev–Trinajstić information content (AvgIpc) is 3.09. The van der Waals surface area contributed by atoms with Crippen LogP contribution in [-0.2, 0) is 10.0 Å². The molecule has 0 radical (unpaired) electrons. The standard InChI is InChI=1S/C16H12N4O2S/c17-12-13-5-7-16(8-6-13)23(21,22)19-14-3-1-4-15(11-14)20-10-2-9-18-20/h1-11,19H. The van der Waals surface area contributed by atoms with Gasteiger partial charge in [-0.2, -0.15) is 10.4 Å². The van der Waals surface area contributed by atoms with Gasteiger partial charge in [-0.1, -0.05) is 6.07 Å². The fourth-order valence-corrected chi connectivity index (χ4v) is 3.11. The summed E-state index contributed by atoms with van der Waals surface area (Å²) in [5.41, 5.74) is 1.59. The highest BCUT2D eigenvalue weighted by atomic mass is 32.2. The number of sulfonamides is 1. The molecular weight excluding hydrogens is 312 g/mol. The van der Waals surface area contributed by atoms with E-state index in [0.29, 0.717) is 11.3 Å². The van der Waals surface area contributed by atoms with Gasteiger partial charge in [0.05, 0.1) is 27.9 Å². The monoisotopic (exact) mass is 324 g/mol. The zero-order chi connectivity index (χ0) is 16.3. The Morgan fingerprint density at radius 3 is 2.52 bits per heavy atom. The highest BCUT2D eigenvalue weighted by Gasteiger charge is 2.14. The maximum atomic E-state index is 12.4. The van der Waals surface area contributed by atoms with Crippen molar-refractivity contribution >= 4 is 15.7 Å². The minimum absolute atomic E-state index is 0.0981. The summed E-state index contributed by atoms with van der Waals surface area (Å²) in [5, 5.41) is 12.9. The van der Waals surface area contributed by atoms with Gasteiger partial charge in [-0.15, -0.1) is 0 Å². The predicted molar refractivity (Wildman–Crippen MR) is 85.5 cm³/mol. The normalized spacial score (nSPS) is 10.9. The fourth-order valence-electron chi connectivity index (χ4n) is 2.06. The molecule has 7 heteroatoms. The number of nitriles is 1. The van der Waals surface area contributed by atoms with Crippen LogP contribution in [0.4, 0.5) is 5.69 Å². The summed E-state index contributed by atoms with van der Waals surface area (Å²) < 4.78 is 28.9. The third-order valence-electron chi connectivity index (χ3n) is 3.16. The summed E-state index contributed by atoms with van der Waals surface area (Å²) >= 11 is 0. The van der Waals surface area contributed by atoms with E-state index in [1.165, 1.54) is 24.3 Å². The zero-order valence-electron chi connectivity index (χ0n) is 11.9. The van der Waals surface area contributed by atoms with Crippen molar-refractivity contribution in [2.45, 2.75) is 4.90 Å². The first kappa shape index (κ1) is 14.8. The number of hydrogen-bond acceptors (Lipinski definition) is 4. The highest BCUT2D eigenvalue weighted by molar-refractivity contribution is 7.92. The van der Waals surface area contributed by atoms with Gasteiger partial charge in [0.15, 0.2) is 0 Å². The molecule has 0 aliphatic rings. The number of benzene rings is 2. The molecule has 3 aromatic rings. The van der Waals surface area contributed by atoms with E-state index in [9.17, 15) is 8.42 Å². The summed E-state index contributed by atoms with van der Waals surface area (Å²) in [6.45, 7) is 0. The van der Waals surface area contributed by atoms with E-state index in [4.69, 9.17) is 5.26 Å². The van der Waals surface area contributed by atoms with Crippen molar-refractivity contribution in [1.29, 1.82) is 5.26 Å². The van der Waals surface area contributed by atoms with Crippen molar-refractivity contribution in [3.63, 3.8) is 0 Å². The van der Waals surface area contributed by atoms with Crippen LogP contribution in [0, 0.1) is 11.3 Å². The lowest BCUT2D eigenvalue weighted by Crippen LogP contribution is -2.13. The first-order valence-electron chi connectivity index (χ1n) is 6.71. The van der Waals surface area contributed by atoms with E-state index >= 15 is 0 Å². The van der Waals surface area contributed by atoms with Gasteiger partial charge in [0.1, 0.15) is 0 Å². The van der Waals surface area contributed by atoms with Crippen LogP contribution in [0.25, 0.3) is 5.69 Å². The number of nitrogens with zero attached hydrogens (tertiary/aromatic N) is 3. The van der Waals surface area contributed by atoms with Crippen LogP contribution in [-0.4, -0.2) is 18.2 Å². The second kappa shape index (κ2) is 5.94. The van der Waals surface area contributed by atoms with Crippen molar-refractivity contribution in [3.05, 3.63) is 72.6 Å². The summed E-state index contributed by atoms with van der Waals surface area (Å²) in [4.78, 5) is 0.0981. The average molecular weight is 324 g/mol. The SMILES string of the molecule is N#Cc1ccc(S(=O)(=O)Nc2cccc(-n3cccn3)c2)cc1. The van der Waals surface area contributed by atoms with Crippen LogP contribution in [0.3, 0.4) is 0 Å². The first-order chi connectivity index (χ1) is 11.1. The molecule has 0 spiro atoms. The Morgan fingerprint density at radius 2 is 1.87 bits per heavy atom. The summed E-state index contributed by atoms with van der Waals surface area (Å²) in [6, 6.07) is 16.4. The molecule has 6 nitrogen and oxygen atoms in total. The van der Waals surface area contributed by atoms with Gasteiger partial charge in [-0.25, -0.2) is 13.1 Å². The Morgan fingerprint density at radius 1 is 1.09 bits per heavy atom. The minimum Gasteiger partial charge on any atom is -0.280 e. The summed E-state index contributed by atoms with van der Waals surface area (Å²) in [5.74, 6) is 0. The zero-order valence-corrected chi connectivity index (χ0v) is 12.7. The van der Waals surface area contributed by atoms with Gasteiger partial charge in [-0.05, 0) is 48.5 Å². The van der Waals surface area contributed by atoms with Gasteiger partial charge in [0, 0.05) is 12.4 Å². The molecule has 1 N–H and O–H groups in total. The molecule has 114 valence electrons. The molecule has 0 bridgehead atoms. The van der Waals surface area contributed by atoms with Gasteiger partial charge in [0.2, 0.25) is 0 Å². The van der Waals surface area contributed by atoms with Gasteiger partial charge < -0.3 is 0 Å². The Kier molecular flexibility index (Phi) is 3.83. The molecule has 3 rings (SSSR count). The van der Waals surface area contributed by atoms with E-state index in [1.54, 1.807) is 41.3 Å². The molecule has 2 aromatic carbocycles. The Balaban J connectivity index is 1.88. The number of rotatable bonds is 4. The maximum Gasteiger partial charge on any atom is 0.261 e. The topological polar surface area (TPSA) is 87.8 Å². The van der Waals surface area contributed by atoms with Gasteiger partial charge >= 0.3 is 0 Å². The smallest absolute Gasteiger partial charge is 0.261 e. The van der Waals surface area contributed by atoms with E-state index in [0.717, 1.165) is 5.69 Å². The molecule has 0 aliphatic carbocycles.